The van der Waals surface area contributed by atoms with Gasteiger partial charge in [0.25, 0.3) is 0 Å². The minimum absolute atomic E-state index is 0.0720. The molecule has 0 aromatic heterocycles. The van der Waals surface area contributed by atoms with Gasteiger partial charge < -0.3 is 4.74 Å². The van der Waals surface area contributed by atoms with Gasteiger partial charge in [-0.1, -0.05) is 42.5 Å². The Hall–Kier alpha value is -2.13. The molecule has 0 radical (unpaired) electrons. The summed E-state index contributed by atoms with van der Waals surface area (Å²) in [6.07, 6.45) is 0.299. The van der Waals surface area contributed by atoms with Crippen LogP contribution in [0.1, 0.15) is 22.8 Å². The lowest BCUT2D eigenvalue weighted by molar-refractivity contribution is 0.0786. The first-order valence-corrected chi connectivity index (χ1v) is 7.07. The van der Waals surface area contributed by atoms with Crippen LogP contribution in [0.2, 0.25) is 0 Å². The maximum absolute atomic E-state index is 12.5. The van der Waals surface area contributed by atoms with Gasteiger partial charge in [0.2, 0.25) is 0 Å². The fourth-order valence-electron chi connectivity index (χ4n) is 1.97. The molecule has 0 amide bonds. The van der Waals surface area contributed by atoms with Crippen LogP contribution in [0.4, 0.5) is 0 Å². The molecule has 0 N–H and O–H groups in total. The number of nitrogens with zero attached hydrogens (tertiary/aromatic N) is 1. The van der Waals surface area contributed by atoms with E-state index in [1.807, 2.05) is 80.5 Å². The highest BCUT2D eigenvalue weighted by molar-refractivity contribution is 5.99. The standard InChI is InChI=1S/C18H21NO2/c1-14(19(2)3)21-18-12-8-7-11-16(18)17(20)13-15-9-5-4-6-10-15/h4-12,14H,13H2,1-3H3. The predicted molar refractivity (Wildman–Crippen MR) is 84.7 cm³/mol. The summed E-state index contributed by atoms with van der Waals surface area (Å²) in [4.78, 5) is 14.4. The summed E-state index contributed by atoms with van der Waals surface area (Å²) in [7, 11) is 3.89. The van der Waals surface area contributed by atoms with Crippen molar-refractivity contribution in [2.75, 3.05) is 14.1 Å². The summed E-state index contributed by atoms with van der Waals surface area (Å²) in [5.74, 6) is 0.711. The van der Waals surface area contributed by atoms with Gasteiger partial charge in [-0.2, -0.15) is 0 Å². The molecule has 0 aliphatic rings. The predicted octanol–water partition coefficient (Wildman–Crippen LogP) is 3.40. The van der Waals surface area contributed by atoms with Gasteiger partial charge in [0.15, 0.2) is 5.78 Å². The number of carbonyl (C=O) groups excluding carboxylic acids is 1. The largest absolute Gasteiger partial charge is 0.475 e. The molecule has 0 aliphatic heterocycles. The second kappa shape index (κ2) is 7.04. The van der Waals surface area contributed by atoms with Gasteiger partial charge in [0.1, 0.15) is 12.0 Å². The Kier molecular flexibility index (Phi) is 5.12. The van der Waals surface area contributed by atoms with Gasteiger partial charge in [-0.3, -0.25) is 9.69 Å². The fourth-order valence-corrected chi connectivity index (χ4v) is 1.97. The van der Waals surface area contributed by atoms with Crippen molar-refractivity contribution in [3.63, 3.8) is 0 Å². The molecule has 0 fully saturated rings. The minimum atomic E-state index is -0.0873. The Balaban J connectivity index is 2.17. The molecule has 0 heterocycles. The van der Waals surface area contributed by atoms with Crippen molar-refractivity contribution in [1.82, 2.24) is 4.90 Å². The van der Waals surface area contributed by atoms with Crippen molar-refractivity contribution < 1.29 is 9.53 Å². The summed E-state index contributed by atoms with van der Waals surface area (Å²) < 4.78 is 5.87. The van der Waals surface area contributed by atoms with Crippen molar-refractivity contribution in [3.05, 3.63) is 65.7 Å². The number of rotatable bonds is 6. The number of benzene rings is 2. The van der Waals surface area contributed by atoms with Crippen molar-refractivity contribution >= 4 is 5.78 Å². The second-order valence-corrected chi connectivity index (χ2v) is 5.26. The maximum atomic E-state index is 12.5. The van der Waals surface area contributed by atoms with Gasteiger partial charge in [0.05, 0.1) is 5.56 Å². The molecule has 1 atom stereocenters. The molecule has 110 valence electrons. The Morgan fingerprint density at radius 1 is 1.05 bits per heavy atom. The smallest absolute Gasteiger partial charge is 0.170 e. The number of hydrogen-bond donors (Lipinski definition) is 0. The van der Waals surface area contributed by atoms with Gasteiger partial charge in [-0.15, -0.1) is 0 Å². The van der Waals surface area contributed by atoms with E-state index < -0.39 is 0 Å². The van der Waals surface area contributed by atoms with Crippen LogP contribution < -0.4 is 4.74 Å². The Bertz CT molecular complexity index is 593. The van der Waals surface area contributed by atoms with E-state index in [4.69, 9.17) is 4.74 Å². The fraction of sp³-hybridized carbons (Fsp3) is 0.278. The molecule has 0 spiro atoms. The molecule has 3 heteroatoms. The van der Waals surface area contributed by atoms with Crippen molar-refractivity contribution in [2.45, 2.75) is 19.6 Å². The lowest BCUT2D eigenvalue weighted by Gasteiger charge is -2.22. The third-order valence-corrected chi connectivity index (χ3v) is 3.42. The van der Waals surface area contributed by atoms with Crippen molar-refractivity contribution in [3.8, 4) is 5.75 Å². The first-order chi connectivity index (χ1) is 10.1. The molecular weight excluding hydrogens is 262 g/mol. The molecule has 1 unspecified atom stereocenters. The van der Waals surface area contributed by atoms with Crippen LogP contribution in [-0.4, -0.2) is 31.0 Å². The van der Waals surface area contributed by atoms with E-state index in [1.165, 1.54) is 0 Å². The van der Waals surface area contributed by atoms with Crippen LogP contribution in [0.15, 0.2) is 54.6 Å². The summed E-state index contributed by atoms with van der Waals surface area (Å²) in [6, 6.07) is 17.2. The topological polar surface area (TPSA) is 29.5 Å². The Morgan fingerprint density at radius 3 is 2.33 bits per heavy atom. The summed E-state index contributed by atoms with van der Waals surface area (Å²) in [5, 5.41) is 0. The number of hydrogen-bond acceptors (Lipinski definition) is 3. The van der Waals surface area contributed by atoms with Crippen molar-refractivity contribution in [2.24, 2.45) is 0 Å². The molecule has 2 rings (SSSR count). The zero-order valence-corrected chi connectivity index (χ0v) is 12.7. The third-order valence-electron chi connectivity index (χ3n) is 3.42. The lowest BCUT2D eigenvalue weighted by Crippen LogP contribution is -2.30. The Labute approximate surface area is 126 Å². The van der Waals surface area contributed by atoms with E-state index in [2.05, 4.69) is 0 Å². The number of para-hydroxylation sites is 1. The number of ether oxygens (including phenoxy) is 1. The van der Waals surface area contributed by atoms with Crippen LogP contribution in [0.3, 0.4) is 0 Å². The average molecular weight is 283 g/mol. The van der Waals surface area contributed by atoms with Crippen LogP contribution in [-0.2, 0) is 6.42 Å². The maximum Gasteiger partial charge on any atom is 0.170 e. The van der Waals surface area contributed by atoms with Gasteiger partial charge in [0, 0.05) is 6.42 Å². The van der Waals surface area contributed by atoms with E-state index in [1.54, 1.807) is 0 Å². The SMILES string of the molecule is CC(Oc1ccccc1C(=O)Cc1ccccc1)N(C)C. The molecule has 2 aromatic carbocycles. The molecule has 0 bridgehead atoms. The minimum Gasteiger partial charge on any atom is -0.475 e. The molecule has 3 nitrogen and oxygen atoms in total. The lowest BCUT2D eigenvalue weighted by atomic mass is 10.0. The highest BCUT2D eigenvalue weighted by atomic mass is 16.5. The average Bonchev–Trinajstić information content (AvgIpc) is 2.48. The second-order valence-electron chi connectivity index (χ2n) is 5.26. The zero-order valence-electron chi connectivity index (χ0n) is 12.7. The summed E-state index contributed by atoms with van der Waals surface area (Å²) in [5.41, 5.74) is 1.65. The molecular formula is C18H21NO2. The van der Waals surface area contributed by atoms with Gasteiger partial charge in [-0.25, -0.2) is 0 Å². The Morgan fingerprint density at radius 2 is 1.67 bits per heavy atom. The zero-order chi connectivity index (χ0) is 15.2. The van der Waals surface area contributed by atoms with Gasteiger partial charge >= 0.3 is 0 Å². The summed E-state index contributed by atoms with van der Waals surface area (Å²) in [6.45, 7) is 1.96. The molecule has 0 saturated carbocycles. The highest BCUT2D eigenvalue weighted by Gasteiger charge is 2.15. The number of ketones is 1. The summed E-state index contributed by atoms with van der Waals surface area (Å²) >= 11 is 0. The van der Waals surface area contributed by atoms with E-state index in [0.29, 0.717) is 17.7 Å². The monoisotopic (exact) mass is 283 g/mol. The van der Waals surface area contributed by atoms with E-state index >= 15 is 0 Å². The van der Waals surface area contributed by atoms with E-state index in [-0.39, 0.29) is 12.0 Å². The first-order valence-electron chi connectivity index (χ1n) is 7.07. The molecule has 0 saturated heterocycles. The quantitative estimate of drug-likeness (QED) is 0.601. The van der Waals surface area contributed by atoms with Crippen LogP contribution in [0.25, 0.3) is 0 Å². The molecule has 21 heavy (non-hydrogen) atoms. The number of carbonyl (C=O) groups is 1. The highest BCUT2D eigenvalue weighted by Crippen LogP contribution is 2.21. The van der Waals surface area contributed by atoms with E-state index in [9.17, 15) is 4.79 Å². The van der Waals surface area contributed by atoms with Crippen LogP contribution >= 0.6 is 0 Å². The van der Waals surface area contributed by atoms with Gasteiger partial charge in [-0.05, 0) is 38.7 Å². The molecule has 2 aromatic rings. The molecule has 0 aliphatic carbocycles. The van der Waals surface area contributed by atoms with Crippen LogP contribution in [0, 0.1) is 0 Å². The van der Waals surface area contributed by atoms with E-state index in [0.717, 1.165) is 5.56 Å². The van der Waals surface area contributed by atoms with Crippen LogP contribution in [0.5, 0.6) is 5.75 Å². The van der Waals surface area contributed by atoms with Crippen molar-refractivity contribution in [1.29, 1.82) is 0 Å². The normalized spacial score (nSPS) is 12.2. The first kappa shape index (κ1) is 15.3. The number of Topliss-reactive ketones (excluding diaryl/α,β-unsaturated/α-hetero) is 1. The third kappa shape index (κ3) is 4.17.